The first kappa shape index (κ1) is 19.7. The molecule has 27 heavy (non-hydrogen) atoms. The molecule has 2 aromatic rings. The molecule has 0 saturated carbocycles. The van der Waals surface area contributed by atoms with E-state index in [1.165, 1.54) is 23.1 Å². The van der Waals surface area contributed by atoms with Gasteiger partial charge < -0.3 is 9.64 Å². The minimum atomic E-state index is -0.417. The van der Waals surface area contributed by atoms with Crippen molar-refractivity contribution in [3.8, 4) is 0 Å². The fourth-order valence-corrected chi connectivity index (χ4v) is 4.13. The molecule has 2 N–H and O–H groups in total. The number of hydrogen-bond donors (Lipinski definition) is 2. The second kappa shape index (κ2) is 9.72. The molecule has 0 spiro atoms. The van der Waals surface area contributed by atoms with Crippen molar-refractivity contribution in [3.63, 3.8) is 0 Å². The number of carbonyl (C=O) groups excluding carboxylic acids is 2. The number of anilines is 1. The average Bonchev–Trinajstić information content (AvgIpc) is 3.22. The summed E-state index contributed by atoms with van der Waals surface area (Å²) in [6, 6.07) is 9.95. The van der Waals surface area contributed by atoms with E-state index in [1.807, 2.05) is 37.3 Å². The smallest absolute Gasteiger partial charge is 0.289 e. The number of rotatable bonds is 6. The summed E-state index contributed by atoms with van der Waals surface area (Å²) in [5.74, 6) is 0.0746. The van der Waals surface area contributed by atoms with E-state index in [4.69, 9.17) is 4.74 Å². The van der Waals surface area contributed by atoms with Crippen molar-refractivity contribution in [1.82, 2.24) is 15.8 Å². The summed E-state index contributed by atoms with van der Waals surface area (Å²) < 4.78 is 5.32. The van der Waals surface area contributed by atoms with Crippen LogP contribution in [0.15, 0.2) is 35.7 Å². The first-order valence-electron chi connectivity index (χ1n) is 8.67. The Bertz CT molecular complexity index is 763. The molecule has 1 aliphatic heterocycles. The number of benzene rings is 1. The van der Waals surface area contributed by atoms with Crippen molar-refractivity contribution in [2.24, 2.45) is 0 Å². The lowest BCUT2D eigenvalue weighted by molar-refractivity contribution is -0.121. The molecule has 1 aromatic carbocycles. The van der Waals surface area contributed by atoms with E-state index in [0.29, 0.717) is 18.9 Å². The van der Waals surface area contributed by atoms with Crippen LogP contribution in [0.25, 0.3) is 0 Å². The van der Waals surface area contributed by atoms with Crippen molar-refractivity contribution in [3.05, 3.63) is 47.0 Å². The van der Waals surface area contributed by atoms with Gasteiger partial charge in [0, 0.05) is 24.2 Å². The quantitative estimate of drug-likeness (QED) is 0.715. The van der Waals surface area contributed by atoms with E-state index in [2.05, 4.69) is 20.7 Å². The third-order valence-electron chi connectivity index (χ3n) is 4.02. The average molecular weight is 407 g/mol. The SMILES string of the molecule is C[C@H](SCc1ccccc1)C(=O)NNC(=O)c1csc(N2CCOCC2)n1. The van der Waals surface area contributed by atoms with Gasteiger partial charge in [0.25, 0.3) is 11.8 Å². The Balaban J connectivity index is 1.44. The second-order valence-electron chi connectivity index (χ2n) is 6.00. The predicted octanol–water partition coefficient (Wildman–Crippen LogP) is 2.06. The number of hydrogen-bond acceptors (Lipinski definition) is 7. The summed E-state index contributed by atoms with van der Waals surface area (Å²) >= 11 is 2.92. The Hall–Kier alpha value is -2.10. The van der Waals surface area contributed by atoms with Gasteiger partial charge in [-0.3, -0.25) is 20.4 Å². The third kappa shape index (κ3) is 5.69. The van der Waals surface area contributed by atoms with E-state index in [0.717, 1.165) is 29.5 Å². The molecule has 7 nitrogen and oxygen atoms in total. The molecule has 144 valence electrons. The highest BCUT2D eigenvalue weighted by Crippen LogP contribution is 2.21. The van der Waals surface area contributed by atoms with Crippen LogP contribution >= 0.6 is 23.1 Å². The monoisotopic (exact) mass is 406 g/mol. The maximum Gasteiger partial charge on any atom is 0.289 e. The van der Waals surface area contributed by atoms with Crippen LogP contribution in [-0.4, -0.2) is 48.4 Å². The van der Waals surface area contributed by atoms with Gasteiger partial charge in [-0.15, -0.1) is 23.1 Å². The van der Waals surface area contributed by atoms with Gasteiger partial charge in [0.05, 0.1) is 18.5 Å². The number of ether oxygens (including phenoxy) is 1. The number of aromatic nitrogens is 1. The van der Waals surface area contributed by atoms with Crippen molar-refractivity contribution in [2.45, 2.75) is 17.9 Å². The zero-order chi connectivity index (χ0) is 19.1. The highest BCUT2D eigenvalue weighted by atomic mass is 32.2. The van der Waals surface area contributed by atoms with Crippen LogP contribution in [0.3, 0.4) is 0 Å². The Morgan fingerprint density at radius 1 is 1.26 bits per heavy atom. The first-order chi connectivity index (χ1) is 13.1. The predicted molar refractivity (Wildman–Crippen MR) is 108 cm³/mol. The normalized spacial score (nSPS) is 15.2. The molecule has 0 radical (unpaired) electrons. The maximum absolute atomic E-state index is 12.2. The summed E-state index contributed by atoms with van der Waals surface area (Å²) in [4.78, 5) is 30.8. The second-order valence-corrected chi connectivity index (χ2v) is 8.16. The molecule has 1 aromatic heterocycles. The molecule has 9 heteroatoms. The van der Waals surface area contributed by atoms with Crippen LogP contribution in [0.2, 0.25) is 0 Å². The number of carbonyl (C=O) groups is 2. The first-order valence-corrected chi connectivity index (χ1v) is 10.6. The summed E-state index contributed by atoms with van der Waals surface area (Å²) in [7, 11) is 0. The van der Waals surface area contributed by atoms with Crippen LogP contribution in [-0.2, 0) is 15.3 Å². The van der Waals surface area contributed by atoms with Gasteiger partial charge in [-0.05, 0) is 12.5 Å². The topological polar surface area (TPSA) is 83.6 Å². The van der Waals surface area contributed by atoms with Crippen LogP contribution in [0.1, 0.15) is 23.0 Å². The third-order valence-corrected chi connectivity index (χ3v) is 6.13. The molecule has 0 unspecified atom stereocenters. The highest BCUT2D eigenvalue weighted by Gasteiger charge is 2.19. The largest absolute Gasteiger partial charge is 0.378 e. The van der Waals surface area contributed by atoms with Crippen LogP contribution in [0, 0.1) is 0 Å². The summed E-state index contributed by atoms with van der Waals surface area (Å²) in [6.45, 7) is 4.67. The van der Waals surface area contributed by atoms with Crippen LogP contribution in [0.5, 0.6) is 0 Å². The molecule has 1 atom stereocenters. The van der Waals surface area contributed by atoms with Gasteiger partial charge in [0.1, 0.15) is 5.69 Å². The van der Waals surface area contributed by atoms with Gasteiger partial charge in [-0.2, -0.15) is 0 Å². The molecule has 1 fully saturated rings. The van der Waals surface area contributed by atoms with Crippen molar-refractivity contribution >= 4 is 40.0 Å². The number of nitrogens with zero attached hydrogens (tertiary/aromatic N) is 2. The molecule has 0 bridgehead atoms. The molecular weight excluding hydrogens is 384 g/mol. The number of thioether (sulfide) groups is 1. The standard InChI is InChI=1S/C18H22N4O3S2/c1-13(26-11-14-5-3-2-4-6-14)16(23)20-21-17(24)15-12-27-18(19-15)22-7-9-25-10-8-22/h2-6,12-13H,7-11H2,1H3,(H,20,23)(H,21,24)/t13-/m0/s1. The van der Waals surface area contributed by atoms with E-state index in [-0.39, 0.29) is 11.2 Å². The molecule has 1 saturated heterocycles. The van der Waals surface area contributed by atoms with Crippen molar-refractivity contribution in [1.29, 1.82) is 0 Å². The number of nitrogens with one attached hydrogen (secondary N) is 2. The molecule has 2 heterocycles. The molecule has 1 aliphatic rings. The van der Waals surface area contributed by atoms with E-state index in [1.54, 1.807) is 5.38 Å². The summed E-state index contributed by atoms with van der Waals surface area (Å²) in [5.41, 5.74) is 6.38. The van der Waals surface area contributed by atoms with Gasteiger partial charge >= 0.3 is 0 Å². The number of amides is 2. The minimum absolute atomic E-state index is 0.243. The van der Waals surface area contributed by atoms with E-state index in [9.17, 15) is 9.59 Å². The highest BCUT2D eigenvalue weighted by molar-refractivity contribution is 7.99. The summed E-state index contributed by atoms with van der Waals surface area (Å²) in [6.07, 6.45) is 0. The lowest BCUT2D eigenvalue weighted by Crippen LogP contribution is -2.45. The van der Waals surface area contributed by atoms with Crippen molar-refractivity contribution in [2.75, 3.05) is 31.2 Å². The van der Waals surface area contributed by atoms with E-state index >= 15 is 0 Å². The molecule has 2 amide bonds. The van der Waals surface area contributed by atoms with Gasteiger partial charge in [0.15, 0.2) is 5.13 Å². The Labute approximate surface area is 166 Å². The van der Waals surface area contributed by atoms with Gasteiger partial charge in [-0.25, -0.2) is 4.98 Å². The Kier molecular flexibility index (Phi) is 7.08. The molecule has 0 aliphatic carbocycles. The van der Waals surface area contributed by atoms with Crippen LogP contribution < -0.4 is 15.8 Å². The number of morpholine rings is 1. The summed E-state index contributed by atoms with van der Waals surface area (Å²) in [5, 5.41) is 2.20. The maximum atomic E-state index is 12.2. The lowest BCUT2D eigenvalue weighted by atomic mass is 10.2. The fraction of sp³-hybridized carbons (Fsp3) is 0.389. The Morgan fingerprint density at radius 2 is 2.00 bits per heavy atom. The molecule has 3 rings (SSSR count). The number of hydrazine groups is 1. The van der Waals surface area contributed by atoms with Gasteiger partial charge in [-0.1, -0.05) is 30.3 Å². The van der Waals surface area contributed by atoms with Crippen molar-refractivity contribution < 1.29 is 14.3 Å². The number of thiazole rings is 1. The van der Waals surface area contributed by atoms with Crippen LogP contribution in [0.4, 0.5) is 5.13 Å². The lowest BCUT2D eigenvalue weighted by Gasteiger charge is -2.25. The Morgan fingerprint density at radius 3 is 2.74 bits per heavy atom. The zero-order valence-electron chi connectivity index (χ0n) is 15.0. The zero-order valence-corrected chi connectivity index (χ0v) is 16.6. The molecular formula is C18H22N4O3S2. The fourth-order valence-electron chi connectivity index (χ4n) is 2.42. The minimum Gasteiger partial charge on any atom is -0.378 e. The van der Waals surface area contributed by atoms with Gasteiger partial charge in [0.2, 0.25) is 0 Å². The van der Waals surface area contributed by atoms with E-state index < -0.39 is 5.91 Å².